The molecule has 0 aromatic rings. The number of hydrogen-bond acceptors (Lipinski definition) is 1. The van der Waals surface area contributed by atoms with Gasteiger partial charge in [0.2, 0.25) is 0 Å². The molecule has 0 bridgehead atoms. The zero-order chi connectivity index (χ0) is 11.9. The summed E-state index contributed by atoms with van der Waals surface area (Å²) in [5.41, 5.74) is 1.03. The van der Waals surface area contributed by atoms with Crippen molar-refractivity contribution < 1.29 is 5.11 Å². The number of fused-ring (bicyclic) bond motifs is 1. The highest BCUT2D eigenvalue weighted by atomic mass is 16.3. The molecule has 1 N–H and O–H groups in total. The van der Waals surface area contributed by atoms with E-state index in [4.69, 9.17) is 0 Å². The first-order valence-electron chi connectivity index (χ1n) is 6.86. The van der Waals surface area contributed by atoms with Crippen LogP contribution in [-0.4, -0.2) is 10.7 Å². The molecule has 16 heavy (non-hydrogen) atoms. The molecule has 0 spiro atoms. The highest BCUT2D eigenvalue weighted by molar-refractivity contribution is 5.23. The Labute approximate surface area is 99.9 Å². The van der Waals surface area contributed by atoms with Gasteiger partial charge in [-0.2, -0.15) is 0 Å². The summed E-state index contributed by atoms with van der Waals surface area (Å²) in [6.45, 7) is 8.99. The molecule has 0 aliphatic heterocycles. The van der Waals surface area contributed by atoms with Gasteiger partial charge in [0.1, 0.15) is 0 Å². The highest BCUT2D eigenvalue weighted by Gasteiger charge is 2.39. The lowest BCUT2D eigenvalue weighted by Crippen LogP contribution is -2.37. The zero-order valence-corrected chi connectivity index (χ0v) is 11.2. The molecule has 0 aromatic heterocycles. The Morgan fingerprint density at radius 2 is 2.00 bits per heavy atom. The van der Waals surface area contributed by atoms with Crippen molar-refractivity contribution in [2.45, 2.75) is 59.0 Å². The second kappa shape index (κ2) is 4.18. The lowest BCUT2D eigenvalue weighted by atomic mass is 9.62. The molecule has 2 aliphatic rings. The van der Waals surface area contributed by atoms with Crippen molar-refractivity contribution in [3.8, 4) is 0 Å². The molecular weight excluding hydrogens is 196 g/mol. The van der Waals surface area contributed by atoms with Gasteiger partial charge in [-0.1, -0.05) is 32.4 Å². The lowest BCUT2D eigenvalue weighted by Gasteiger charge is -2.44. The van der Waals surface area contributed by atoms with Crippen molar-refractivity contribution >= 4 is 0 Å². The quantitative estimate of drug-likeness (QED) is 0.669. The van der Waals surface area contributed by atoms with Crippen molar-refractivity contribution in [3.05, 3.63) is 11.6 Å². The maximum absolute atomic E-state index is 10.2. The first-order valence-corrected chi connectivity index (χ1v) is 6.86. The number of hydrogen-bond donors (Lipinski definition) is 1. The van der Waals surface area contributed by atoms with Crippen molar-refractivity contribution in [1.82, 2.24) is 0 Å². The molecule has 1 saturated carbocycles. The van der Waals surface area contributed by atoms with E-state index in [0.29, 0.717) is 5.92 Å². The van der Waals surface area contributed by atoms with Crippen molar-refractivity contribution in [2.24, 2.45) is 23.7 Å². The summed E-state index contributed by atoms with van der Waals surface area (Å²) in [6.07, 6.45) is 7.01. The van der Waals surface area contributed by atoms with Gasteiger partial charge in [0.25, 0.3) is 0 Å². The van der Waals surface area contributed by atoms with Crippen LogP contribution in [0.1, 0.15) is 53.4 Å². The standard InChI is InChI=1S/C15H26O/c1-10(2)12-6-5-11(3)13-7-8-15(4,16)9-14(12)13/h9-13,16H,5-8H2,1-4H3/t11-,12+,13-,15+/m1/s1. The van der Waals surface area contributed by atoms with E-state index >= 15 is 0 Å². The molecule has 1 heteroatoms. The average Bonchev–Trinajstić information content (AvgIpc) is 2.15. The van der Waals surface area contributed by atoms with Gasteiger partial charge in [-0.25, -0.2) is 0 Å². The second-order valence-corrected chi connectivity index (χ2v) is 6.55. The van der Waals surface area contributed by atoms with E-state index in [1.165, 1.54) is 19.3 Å². The topological polar surface area (TPSA) is 20.2 Å². The van der Waals surface area contributed by atoms with E-state index in [-0.39, 0.29) is 0 Å². The molecular formula is C15H26O. The Kier molecular flexibility index (Phi) is 3.18. The van der Waals surface area contributed by atoms with Crippen LogP contribution in [0.15, 0.2) is 11.6 Å². The smallest absolute Gasteiger partial charge is 0.0802 e. The molecule has 0 unspecified atom stereocenters. The number of allylic oxidation sites excluding steroid dienone is 1. The van der Waals surface area contributed by atoms with Gasteiger partial charge < -0.3 is 5.11 Å². The normalized spacial score (nSPS) is 44.1. The van der Waals surface area contributed by atoms with Crippen LogP contribution >= 0.6 is 0 Å². The van der Waals surface area contributed by atoms with E-state index in [9.17, 15) is 5.11 Å². The minimum atomic E-state index is -0.546. The molecule has 1 nitrogen and oxygen atoms in total. The van der Waals surface area contributed by atoms with E-state index in [2.05, 4.69) is 26.8 Å². The van der Waals surface area contributed by atoms with Gasteiger partial charge in [-0.3, -0.25) is 0 Å². The van der Waals surface area contributed by atoms with Gasteiger partial charge in [0.05, 0.1) is 5.60 Å². The third kappa shape index (κ3) is 2.20. The summed E-state index contributed by atoms with van der Waals surface area (Å²) in [5, 5.41) is 10.2. The van der Waals surface area contributed by atoms with Crippen LogP contribution in [0.25, 0.3) is 0 Å². The Morgan fingerprint density at radius 3 is 2.62 bits per heavy atom. The molecule has 92 valence electrons. The van der Waals surface area contributed by atoms with Gasteiger partial charge >= 0.3 is 0 Å². The number of aliphatic hydroxyl groups is 1. The van der Waals surface area contributed by atoms with E-state index in [0.717, 1.165) is 24.2 Å². The minimum Gasteiger partial charge on any atom is -0.386 e. The van der Waals surface area contributed by atoms with Crippen LogP contribution in [0.3, 0.4) is 0 Å². The van der Waals surface area contributed by atoms with Crippen LogP contribution in [0.4, 0.5) is 0 Å². The summed E-state index contributed by atoms with van der Waals surface area (Å²) in [5.74, 6) is 3.00. The van der Waals surface area contributed by atoms with Crippen LogP contribution in [0, 0.1) is 23.7 Å². The molecule has 0 aromatic carbocycles. The van der Waals surface area contributed by atoms with Crippen LogP contribution < -0.4 is 0 Å². The van der Waals surface area contributed by atoms with Crippen LogP contribution in [0.2, 0.25) is 0 Å². The van der Waals surface area contributed by atoms with Crippen molar-refractivity contribution in [3.63, 3.8) is 0 Å². The first kappa shape index (κ1) is 12.2. The van der Waals surface area contributed by atoms with Crippen molar-refractivity contribution in [1.29, 1.82) is 0 Å². The summed E-state index contributed by atoms with van der Waals surface area (Å²) in [7, 11) is 0. The molecule has 0 amide bonds. The van der Waals surface area contributed by atoms with E-state index in [1.54, 1.807) is 5.57 Å². The summed E-state index contributed by atoms with van der Waals surface area (Å²) in [6, 6.07) is 0. The van der Waals surface area contributed by atoms with Gasteiger partial charge in [0, 0.05) is 0 Å². The minimum absolute atomic E-state index is 0.546. The maximum atomic E-state index is 10.2. The Hall–Kier alpha value is -0.300. The fourth-order valence-corrected chi connectivity index (χ4v) is 3.68. The second-order valence-electron chi connectivity index (χ2n) is 6.55. The fraction of sp³-hybridized carbons (Fsp3) is 0.867. The molecule has 2 rings (SSSR count). The summed E-state index contributed by atoms with van der Waals surface area (Å²) < 4.78 is 0. The summed E-state index contributed by atoms with van der Waals surface area (Å²) >= 11 is 0. The third-order valence-corrected chi connectivity index (χ3v) is 4.72. The molecule has 0 heterocycles. The SMILES string of the molecule is CC(C)[C@@H]1CC[C@@H](C)[C@H]2CC[C@](C)(O)C=C12. The maximum Gasteiger partial charge on any atom is 0.0802 e. The Bertz CT molecular complexity index is 288. The molecule has 4 atom stereocenters. The monoisotopic (exact) mass is 222 g/mol. The lowest BCUT2D eigenvalue weighted by molar-refractivity contribution is 0.0684. The van der Waals surface area contributed by atoms with E-state index < -0.39 is 5.60 Å². The Balaban J connectivity index is 2.30. The first-order chi connectivity index (χ1) is 7.41. The number of rotatable bonds is 1. The van der Waals surface area contributed by atoms with Gasteiger partial charge in [-0.05, 0) is 56.3 Å². The fourth-order valence-electron chi connectivity index (χ4n) is 3.68. The average molecular weight is 222 g/mol. The van der Waals surface area contributed by atoms with E-state index in [1.807, 2.05) is 6.92 Å². The molecule has 0 saturated heterocycles. The largest absolute Gasteiger partial charge is 0.386 e. The van der Waals surface area contributed by atoms with Crippen molar-refractivity contribution in [2.75, 3.05) is 0 Å². The zero-order valence-electron chi connectivity index (χ0n) is 11.2. The molecule has 2 aliphatic carbocycles. The van der Waals surface area contributed by atoms with Gasteiger partial charge in [0.15, 0.2) is 0 Å². The predicted molar refractivity (Wildman–Crippen MR) is 68.2 cm³/mol. The van der Waals surface area contributed by atoms with Crippen LogP contribution in [0.5, 0.6) is 0 Å². The predicted octanol–water partition coefficient (Wildman–Crippen LogP) is 3.78. The van der Waals surface area contributed by atoms with Crippen LogP contribution in [-0.2, 0) is 0 Å². The molecule has 1 fully saturated rings. The summed E-state index contributed by atoms with van der Waals surface area (Å²) in [4.78, 5) is 0. The Morgan fingerprint density at radius 1 is 1.31 bits per heavy atom. The highest BCUT2D eigenvalue weighted by Crippen LogP contribution is 2.47. The molecule has 0 radical (unpaired) electrons. The third-order valence-electron chi connectivity index (χ3n) is 4.72. The van der Waals surface area contributed by atoms with Gasteiger partial charge in [-0.15, -0.1) is 0 Å².